The standard InChI is InChI=1S/C14H27N3O2/c1-4-6-14(7-5-2,11(15)17-19)12(18)16-10-13(3)8-9-13/h19H,4-10H2,1-3H3,(H2,15,17)(H,16,18). The maximum Gasteiger partial charge on any atom is 0.233 e. The third-order valence-corrected chi connectivity index (χ3v) is 4.17. The van der Waals surface area contributed by atoms with Gasteiger partial charge in [0.25, 0.3) is 0 Å². The van der Waals surface area contributed by atoms with E-state index >= 15 is 0 Å². The number of nitrogens with zero attached hydrogens (tertiary/aromatic N) is 1. The van der Waals surface area contributed by atoms with Crippen LogP contribution in [0.1, 0.15) is 59.3 Å². The molecule has 0 bridgehead atoms. The minimum Gasteiger partial charge on any atom is -0.409 e. The van der Waals surface area contributed by atoms with Crippen molar-refractivity contribution in [3.8, 4) is 0 Å². The van der Waals surface area contributed by atoms with Crippen LogP contribution in [0.4, 0.5) is 0 Å². The number of hydrogen-bond acceptors (Lipinski definition) is 3. The maximum atomic E-state index is 12.5. The number of carbonyl (C=O) groups excluding carboxylic acids is 1. The van der Waals surface area contributed by atoms with Gasteiger partial charge in [0.1, 0.15) is 5.41 Å². The summed E-state index contributed by atoms with van der Waals surface area (Å²) in [5.41, 5.74) is 5.22. The van der Waals surface area contributed by atoms with Crippen molar-refractivity contribution < 1.29 is 10.0 Å². The molecule has 19 heavy (non-hydrogen) atoms. The second-order valence-electron chi connectivity index (χ2n) is 6.06. The first kappa shape index (κ1) is 15.8. The van der Waals surface area contributed by atoms with E-state index in [9.17, 15) is 4.79 Å². The van der Waals surface area contributed by atoms with E-state index in [4.69, 9.17) is 10.9 Å². The van der Waals surface area contributed by atoms with Crippen molar-refractivity contribution in [2.75, 3.05) is 6.54 Å². The van der Waals surface area contributed by atoms with Gasteiger partial charge in [-0.05, 0) is 31.1 Å². The minimum absolute atomic E-state index is 0.0367. The van der Waals surface area contributed by atoms with Crippen LogP contribution in [0, 0.1) is 10.8 Å². The third-order valence-electron chi connectivity index (χ3n) is 4.17. The molecule has 1 amide bonds. The Balaban J connectivity index is 2.82. The van der Waals surface area contributed by atoms with Crippen LogP contribution >= 0.6 is 0 Å². The maximum absolute atomic E-state index is 12.5. The molecular formula is C14H27N3O2. The summed E-state index contributed by atoms with van der Waals surface area (Å²) in [5.74, 6) is -0.0609. The van der Waals surface area contributed by atoms with Crippen LogP contribution in [0.2, 0.25) is 0 Å². The molecule has 0 aromatic carbocycles. The van der Waals surface area contributed by atoms with Gasteiger partial charge in [-0.1, -0.05) is 38.8 Å². The van der Waals surface area contributed by atoms with Gasteiger partial charge >= 0.3 is 0 Å². The Morgan fingerprint density at radius 2 is 1.89 bits per heavy atom. The van der Waals surface area contributed by atoms with E-state index in [0.29, 0.717) is 19.4 Å². The highest BCUT2D eigenvalue weighted by atomic mass is 16.4. The van der Waals surface area contributed by atoms with E-state index in [1.807, 2.05) is 13.8 Å². The first-order chi connectivity index (χ1) is 8.94. The smallest absolute Gasteiger partial charge is 0.233 e. The van der Waals surface area contributed by atoms with Crippen molar-refractivity contribution >= 4 is 11.7 Å². The summed E-state index contributed by atoms with van der Waals surface area (Å²) in [6.45, 7) is 6.85. The predicted octanol–water partition coefficient (Wildman–Crippen LogP) is 2.24. The Morgan fingerprint density at radius 3 is 2.26 bits per heavy atom. The van der Waals surface area contributed by atoms with Crippen LogP contribution in [-0.2, 0) is 4.79 Å². The number of nitrogens with one attached hydrogen (secondary N) is 1. The number of oxime groups is 1. The summed E-state index contributed by atoms with van der Waals surface area (Å²) in [6, 6.07) is 0. The molecule has 110 valence electrons. The highest BCUT2D eigenvalue weighted by molar-refractivity contribution is 6.06. The average Bonchev–Trinajstić information content (AvgIpc) is 3.13. The second-order valence-corrected chi connectivity index (χ2v) is 6.06. The molecule has 0 atom stereocenters. The number of carbonyl (C=O) groups is 1. The molecular weight excluding hydrogens is 242 g/mol. The summed E-state index contributed by atoms with van der Waals surface area (Å²) in [6.07, 6.45) is 5.18. The van der Waals surface area contributed by atoms with Crippen LogP contribution in [-0.4, -0.2) is 23.5 Å². The lowest BCUT2D eigenvalue weighted by molar-refractivity contribution is -0.128. The molecule has 1 fully saturated rings. The Kier molecular flexibility index (Phi) is 5.20. The van der Waals surface area contributed by atoms with Gasteiger partial charge in [0.15, 0.2) is 5.84 Å². The van der Waals surface area contributed by atoms with Crippen LogP contribution in [0.15, 0.2) is 5.16 Å². The normalized spacial score (nSPS) is 18.2. The van der Waals surface area contributed by atoms with Crippen molar-refractivity contribution in [1.82, 2.24) is 5.32 Å². The lowest BCUT2D eigenvalue weighted by atomic mass is 9.77. The molecule has 0 spiro atoms. The predicted molar refractivity (Wildman–Crippen MR) is 76.0 cm³/mol. The largest absolute Gasteiger partial charge is 0.409 e. The lowest BCUT2D eigenvalue weighted by Gasteiger charge is -2.31. The molecule has 1 aliphatic rings. The zero-order chi connectivity index (χ0) is 14.5. The molecule has 1 saturated carbocycles. The highest BCUT2D eigenvalue weighted by Crippen LogP contribution is 2.44. The summed E-state index contributed by atoms with van der Waals surface area (Å²) >= 11 is 0. The van der Waals surface area contributed by atoms with Crippen molar-refractivity contribution in [3.63, 3.8) is 0 Å². The van der Waals surface area contributed by atoms with E-state index in [1.54, 1.807) is 0 Å². The molecule has 1 rings (SSSR count). The van der Waals surface area contributed by atoms with Crippen molar-refractivity contribution in [1.29, 1.82) is 0 Å². The molecule has 0 aromatic rings. The summed E-state index contributed by atoms with van der Waals surface area (Å²) in [5, 5.41) is 15.1. The first-order valence-electron chi connectivity index (χ1n) is 7.20. The van der Waals surface area contributed by atoms with Gasteiger partial charge in [0.05, 0.1) is 0 Å². The number of hydrogen-bond donors (Lipinski definition) is 3. The van der Waals surface area contributed by atoms with Crippen molar-refractivity contribution in [3.05, 3.63) is 0 Å². The Bertz CT molecular complexity index is 343. The summed E-state index contributed by atoms with van der Waals surface area (Å²) in [4.78, 5) is 12.5. The molecule has 5 nitrogen and oxygen atoms in total. The van der Waals surface area contributed by atoms with E-state index in [0.717, 1.165) is 25.7 Å². The Morgan fingerprint density at radius 1 is 1.37 bits per heavy atom. The molecule has 4 N–H and O–H groups in total. The third kappa shape index (κ3) is 3.61. The number of amidine groups is 1. The van der Waals surface area contributed by atoms with Crippen LogP contribution < -0.4 is 11.1 Å². The number of amides is 1. The van der Waals surface area contributed by atoms with Crippen molar-refractivity contribution in [2.24, 2.45) is 21.7 Å². The van der Waals surface area contributed by atoms with Crippen molar-refractivity contribution in [2.45, 2.75) is 59.3 Å². The van der Waals surface area contributed by atoms with Crippen LogP contribution in [0.5, 0.6) is 0 Å². The lowest BCUT2D eigenvalue weighted by Crippen LogP contribution is -2.50. The molecule has 0 saturated heterocycles. The zero-order valence-electron chi connectivity index (χ0n) is 12.3. The SMILES string of the molecule is CCCC(CCC)(C(=O)NCC1(C)CC1)C(N)=NO. The second kappa shape index (κ2) is 6.26. The Labute approximate surface area is 115 Å². The van der Waals surface area contributed by atoms with Gasteiger partial charge in [-0.25, -0.2) is 0 Å². The minimum atomic E-state index is -0.858. The molecule has 0 radical (unpaired) electrons. The molecule has 0 heterocycles. The van der Waals surface area contributed by atoms with Gasteiger partial charge in [0, 0.05) is 6.54 Å². The molecule has 5 heteroatoms. The van der Waals surface area contributed by atoms with Gasteiger partial charge in [-0.2, -0.15) is 0 Å². The fourth-order valence-corrected chi connectivity index (χ4v) is 2.53. The Hall–Kier alpha value is -1.26. The number of nitrogens with two attached hydrogens (primary N) is 1. The fraction of sp³-hybridized carbons (Fsp3) is 0.857. The average molecular weight is 269 g/mol. The summed E-state index contributed by atoms with van der Waals surface area (Å²) < 4.78 is 0. The number of rotatable bonds is 8. The van der Waals surface area contributed by atoms with Crippen LogP contribution in [0.3, 0.4) is 0 Å². The van der Waals surface area contributed by atoms with E-state index < -0.39 is 5.41 Å². The molecule has 0 aliphatic heterocycles. The van der Waals surface area contributed by atoms with E-state index in [1.165, 1.54) is 0 Å². The molecule has 0 aromatic heterocycles. The van der Waals surface area contributed by atoms with Gasteiger partial charge < -0.3 is 16.3 Å². The van der Waals surface area contributed by atoms with Gasteiger partial charge in [-0.3, -0.25) is 4.79 Å². The fourth-order valence-electron chi connectivity index (χ4n) is 2.53. The van der Waals surface area contributed by atoms with Crippen LogP contribution in [0.25, 0.3) is 0 Å². The zero-order valence-corrected chi connectivity index (χ0v) is 12.3. The molecule has 0 unspecified atom stereocenters. The summed E-state index contributed by atoms with van der Waals surface area (Å²) in [7, 11) is 0. The van der Waals surface area contributed by atoms with E-state index in [2.05, 4.69) is 17.4 Å². The monoisotopic (exact) mass is 269 g/mol. The van der Waals surface area contributed by atoms with E-state index in [-0.39, 0.29) is 17.2 Å². The first-order valence-corrected chi connectivity index (χ1v) is 7.20. The topological polar surface area (TPSA) is 87.7 Å². The molecule has 1 aliphatic carbocycles. The quantitative estimate of drug-likeness (QED) is 0.273. The van der Waals surface area contributed by atoms with Gasteiger partial charge in [-0.15, -0.1) is 0 Å². The highest BCUT2D eigenvalue weighted by Gasteiger charge is 2.43. The van der Waals surface area contributed by atoms with Gasteiger partial charge in [0.2, 0.25) is 5.91 Å².